The molecule has 0 aliphatic carbocycles. The van der Waals surface area contributed by atoms with Crippen LogP contribution >= 0.6 is 12.4 Å². The first-order valence-corrected chi connectivity index (χ1v) is 10.1. The normalized spacial score (nSPS) is 15.9. The van der Waals surface area contributed by atoms with Crippen molar-refractivity contribution in [2.75, 3.05) is 26.2 Å². The maximum absolute atomic E-state index is 2.59. The lowest BCUT2D eigenvalue weighted by molar-refractivity contribution is 0.122. The predicted octanol–water partition coefficient (Wildman–Crippen LogP) is 5.67. The number of hydrogen-bond acceptors (Lipinski definition) is 2. The molecule has 1 heterocycles. The van der Waals surface area contributed by atoms with Crippen molar-refractivity contribution in [3.8, 4) is 0 Å². The summed E-state index contributed by atoms with van der Waals surface area (Å²) in [5.74, 6) is 1.23. The van der Waals surface area contributed by atoms with Gasteiger partial charge in [-0.05, 0) is 34.1 Å². The standard InChI is InChI=1S/C24H34N2.ClH/c1-19(2)23-9-5-21(6-10-23)17-25-13-15-26(16-14-25)18-22-7-11-24(12-8-22)20(3)4;/h5-12,19-20H,13-18H2,1-4H3;1H. The summed E-state index contributed by atoms with van der Waals surface area (Å²) in [4.78, 5) is 5.17. The molecule has 27 heavy (non-hydrogen) atoms. The van der Waals surface area contributed by atoms with Gasteiger partial charge in [-0.2, -0.15) is 0 Å². The summed E-state index contributed by atoms with van der Waals surface area (Å²) in [6, 6.07) is 18.4. The number of halogens is 1. The van der Waals surface area contributed by atoms with Gasteiger partial charge in [0.1, 0.15) is 0 Å². The number of nitrogens with zero attached hydrogens (tertiary/aromatic N) is 2. The zero-order chi connectivity index (χ0) is 18.5. The lowest BCUT2D eigenvalue weighted by Crippen LogP contribution is -2.45. The van der Waals surface area contributed by atoms with Crippen molar-refractivity contribution in [3.05, 3.63) is 70.8 Å². The maximum Gasteiger partial charge on any atom is 0.0234 e. The fourth-order valence-electron chi connectivity index (χ4n) is 3.64. The third-order valence-electron chi connectivity index (χ3n) is 5.57. The van der Waals surface area contributed by atoms with Gasteiger partial charge in [-0.1, -0.05) is 76.2 Å². The Balaban J connectivity index is 0.00000261. The molecule has 3 heteroatoms. The van der Waals surface area contributed by atoms with Gasteiger partial charge in [0.15, 0.2) is 0 Å². The second-order valence-corrected chi connectivity index (χ2v) is 8.34. The van der Waals surface area contributed by atoms with E-state index < -0.39 is 0 Å². The Hall–Kier alpha value is -1.35. The number of hydrogen-bond donors (Lipinski definition) is 0. The van der Waals surface area contributed by atoms with Crippen molar-refractivity contribution in [1.82, 2.24) is 9.80 Å². The Morgan fingerprint density at radius 2 is 0.889 bits per heavy atom. The van der Waals surface area contributed by atoms with Crippen LogP contribution in [0.2, 0.25) is 0 Å². The largest absolute Gasteiger partial charge is 0.297 e. The second-order valence-electron chi connectivity index (χ2n) is 8.34. The first-order valence-electron chi connectivity index (χ1n) is 10.1. The number of piperazine rings is 1. The van der Waals surface area contributed by atoms with E-state index in [1.165, 1.54) is 22.3 Å². The topological polar surface area (TPSA) is 6.48 Å². The van der Waals surface area contributed by atoms with E-state index in [0.717, 1.165) is 39.3 Å². The predicted molar refractivity (Wildman–Crippen MR) is 119 cm³/mol. The van der Waals surface area contributed by atoms with E-state index in [1.54, 1.807) is 0 Å². The molecular weight excluding hydrogens is 352 g/mol. The van der Waals surface area contributed by atoms with Gasteiger partial charge in [0.25, 0.3) is 0 Å². The number of rotatable bonds is 6. The van der Waals surface area contributed by atoms with Crippen LogP contribution in [0.25, 0.3) is 0 Å². The first-order chi connectivity index (χ1) is 12.5. The minimum Gasteiger partial charge on any atom is -0.297 e. The molecule has 1 fully saturated rings. The highest BCUT2D eigenvalue weighted by atomic mass is 35.5. The van der Waals surface area contributed by atoms with Gasteiger partial charge in [-0.25, -0.2) is 0 Å². The highest BCUT2D eigenvalue weighted by Gasteiger charge is 2.17. The third kappa shape index (κ3) is 6.34. The molecule has 1 aliphatic heterocycles. The van der Waals surface area contributed by atoms with Crippen LogP contribution in [0.5, 0.6) is 0 Å². The molecule has 0 unspecified atom stereocenters. The molecule has 0 atom stereocenters. The maximum atomic E-state index is 2.59. The summed E-state index contributed by atoms with van der Waals surface area (Å²) in [5, 5.41) is 0. The summed E-state index contributed by atoms with van der Waals surface area (Å²) < 4.78 is 0. The molecule has 0 aromatic heterocycles. The summed E-state index contributed by atoms with van der Waals surface area (Å²) in [6.07, 6.45) is 0. The van der Waals surface area contributed by atoms with Crippen LogP contribution in [0.15, 0.2) is 48.5 Å². The van der Waals surface area contributed by atoms with Crippen LogP contribution in [0.3, 0.4) is 0 Å². The molecule has 148 valence electrons. The van der Waals surface area contributed by atoms with Gasteiger partial charge in [0, 0.05) is 39.3 Å². The van der Waals surface area contributed by atoms with E-state index in [0.29, 0.717) is 11.8 Å². The molecule has 3 rings (SSSR count). The van der Waals surface area contributed by atoms with Crippen LogP contribution < -0.4 is 0 Å². The second kappa shape index (κ2) is 10.3. The SMILES string of the molecule is CC(C)c1ccc(CN2CCN(Cc3ccc(C(C)C)cc3)CC2)cc1.Cl. The van der Waals surface area contributed by atoms with Crippen molar-refractivity contribution < 1.29 is 0 Å². The van der Waals surface area contributed by atoms with Crippen LogP contribution in [-0.4, -0.2) is 36.0 Å². The van der Waals surface area contributed by atoms with Gasteiger partial charge < -0.3 is 0 Å². The smallest absolute Gasteiger partial charge is 0.0234 e. The quantitative estimate of drug-likeness (QED) is 0.630. The molecule has 0 amide bonds. The Morgan fingerprint density at radius 1 is 0.593 bits per heavy atom. The summed E-state index contributed by atoms with van der Waals surface area (Å²) >= 11 is 0. The Morgan fingerprint density at radius 3 is 1.15 bits per heavy atom. The zero-order valence-electron chi connectivity index (χ0n) is 17.3. The summed E-state index contributed by atoms with van der Waals surface area (Å²) in [6.45, 7) is 15.8. The van der Waals surface area contributed by atoms with E-state index in [1.807, 2.05) is 0 Å². The molecule has 0 radical (unpaired) electrons. The first kappa shape index (κ1) is 21.9. The molecule has 0 N–H and O–H groups in total. The molecule has 2 aromatic carbocycles. The monoisotopic (exact) mass is 386 g/mol. The average Bonchev–Trinajstić information content (AvgIpc) is 2.64. The van der Waals surface area contributed by atoms with Crippen molar-refractivity contribution >= 4 is 12.4 Å². The average molecular weight is 387 g/mol. The van der Waals surface area contributed by atoms with E-state index >= 15 is 0 Å². The van der Waals surface area contributed by atoms with Crippen molar-refractivity contribution in [3.63, 3.8) is 0 Å². The van der Waals surface area contributed by atoms with Gasteiger partial charge in [-0.15, -0.1) is 12.4 Å². The number of benzene rings is 2. The fourth-order valence-corrected chi connectivity index (χ4v) is 3.64. The van der Waals surface area contributed by atoms with Gasteiger partial charge in [-0.3, -0.25) is 9.80 Å². The Bertz CT molecular complexity index is 607. The van der Waals surface area contributed by atoms with Gasteiger partial charge in [0.2, 0.25) is 0 Å². The molecule has 2 nitrogen and oxygen atoms in total. The Labute approximate surface area is 172 Å². The minimum absolute atomic E-state index is 0. The van der Waals surface area contributed by atoms with E-state index in [-0.39, 0.29) is 12.4 Å². The zero-order valence-corrected chi connectivity index (χ0v) is 18.1. The highest BCUT2D eigenvalue weighted by molar-refractivity contribution is 5.85. The van der Waals surface area contributed by atoms with E-state index in [2.05, 4.69) is 86.0 Å². The molecule has 1 saturated heterocycles. The summed E-state index contributed by atoms with van der Waals surface area (Å²) in [7, 11) is 0. The van der Waals surface area contributed by atoms with E-state index in [4.69, 9.17) is 0 Å². The lowest BCUT2D eigenvalue weighted by Gasteiger charge is -2.34. The van der Waals surface area contributed by atoms with Crippen LogP contribution in [0.4, 0.5) is 0 Å². The van der Waals surface area contributed by atoms with Crippen molar-refractivity contribution in [2.24, 2.45) is 0 Å². The summed E-state index contributed by atoms with van der Waals surface area (Å²) in [5.41, 5.74) is 5.74. The molecular formula is C24H35ClN2. The molecule has 1 aliphatic rings. The minimum atomic E-state index is 0. The van der Waals surface area contributed by atoms with Crippen LogP contribution in [-0.2, 0) is 13.1 Å². The van der Waals surface area contributed by atoms with E-state index in [9.17, 15) is 0 Å². The fraction of sp³-hybridized carbons (Fsp3) is 0.500. The van der Waals surface area contributed by atoms with Gasteiger partial charge in [0.05, 0.1) is 0 Å². The molecule has 0 bridgehead atoms. The van der Waals surface area contributed by atoms with Crippen LogP contribution in [0, 0.1) is 0 Å². The molecule has 2 aromatic rings. The Kier molecular flexibility index (Phi) is 8.34. The van der Waals surface area contributed by atoms with Gasteiger partial charge >= 0.3 is 0 Å². The third-order valence-corrected chi connectivity index (χ3v) is 5.57. The van der Waals surface area contributed by atoms with Crippen molar-refractivity contribution in [2.45, 2.75) is 52.6 Å². The van der Waals surface area contributed by atoms with Crippen LogP contribution in [0.1, 0.15) is 61.8 Å². The van der Waals surface area contributed by atoms with Crippen molar-refractivity contribution in [1.29, 1.82) is 0 Å². The molecule has 0 saturated carbocycles. The highest BCUT2D eigenvalue weighted by Crippen LogP contribution is 2.18. The lowest BCUT2D eigenvalue weighted by atomic mass is 10.0. The molecule has 0 spiro atoms.